The summed E-state index contributed by atoms with van der Waals surface area (Å²) in [6, 6.07) is 8.24. The van der Waals surface area contributed by atoms with Gasteiger partial charge in [-0.3, -0.25) is 9.52 Å². The summed E-state index contributed by atoms with van der Waals surface area (Å²) in [6.07, 6.45) is 9.59. The maximum Gasteiger partial charge on any atom is 0.258 e. The first-order valence-corrected chi connectivity index (χ1v) is 12.9. The fraction of sp³-hybridized carbons (Fsp3) is 0.182. The molecule has 0 atom stereocenters. The number of rotatable bonds is 6. The van der Waals surface area contributed by atoms with E-state index in [1.54, 1.807) is 12.4 Å². The third kappa shape index (κ3) is 5.28. The van der Waals surface area contributed by atoms with Crippen molar-refractivity contribution in [1.82, 2.24) is 24.3 Å². The molecule has 0 saturated carbocycles. The standard InChI is InChI=1S/C22H21ClN8O3S/c1-35(33,34)28-18-9-16(23)8-17(10-18)27-22(32)15-11-26-31(13-15)20-3-2-19(12-25-20)30-7-6-29-5-4-24-21(29)14-30/h2-5,8-13,28H,6-7,14H2,1H3,(H,27,32). The van der Waals surface area contributed by atoms with Gasteiger partial charge in [0.15, 0.2) is 5.82 Å². The van der Waals surface area contributed by atoms with Crippen molar-refractivity contribution in [3.8, 4) is 5.82 Å². The Morgan fingerprint density at radius 1 is 1.09 bits per heavy atom. The van der Waals surface area contributed by atoms with Crippen LogP contribution in [0.4, 0.5) is 17.1 Å². The first-order chi connectivity index (χ1) is 16.7. The average Bonchev–Trinajstić information content (AvgIpc) is 3.47. The number of anilines is 3. The molecule has 0 saturated heterocycles. The highest BCUT2D eigenvalue weighted by molar-refractivity contribution is 7.92. The van der Waals surface area contributed by atoms with E-state index in [9.17, 15) is 13.2 Å². The van der Waals surface area contributed by atoms with Crippen LogP contribution < -0.4 is 14.9 Å². The molecule has 1 aromatic carbocycles. The molecule has 4 heterocycles. The Labute approximate surface area is 206 Å². The molecule has 0 unspecified atom stereocenters. The normalized spacial score (nSPS) is 13.4. The van der Waals surface area contributed by atoms with Gasteiger partial charge in [-0.2, -0.15) is 5.10 Å². The molecule has 0 bridgehead atoms. The maximum absolute atomic E-state index is 12.7. The summed E-state index contributed by atoms with van der Waals surface area (Å²) in [4.78, 5) is 23.8. The molecule has 1 aliphatic heterocycles. The first-order valence-electron chi connectivity index (χ1n) is 10.6. The zero-order valence-electron chi connectivity index (χ0n) is 18.6. The van der Waals surface area contributed by atoms with Crippen molar-refractivity contribution in [2.75, 3.05) is 27.7 Å². The minimum Gasteiger partial charge on any atom is -0.361 e. The van der Waals surface area contributed by atoms with E-state index >= 15 is 0 Å². The lowest BCUT2D eigenvalue weighted by molar-refractivity contribution is 0.102. The predicted molar refractivity (Wildman–Crippen MR) is 133 cm³/mol. The Hall–Kier alpha value is -3.90. The van der Waals surface area contributed by atoms with Crippen molar-refractivity contribution in [3.63, 3.8) is 0 Å². The van der Waals surface area contributed by atoms with Gasteiger partial charge in [0.2, 0.25) is 10.0 Å². The van der Waals surface area contributed by atoms with Gasteiger partial charge in [0.05, 0.1) is 42.1 Å². The smallest absolute Gasteiger partial charge is 0.258 e. The van der Waals surface area contributed by atoms with Crippen LogP contribution in [0, 0.1) is 0 Å². The third-order valence-electron chi connectivity index (χ3n) is 5.38. The van der Waals surface area contributed by atoms with Crippen molar-refractivity contribution in [2.24, 2.45) is 0 Å². The number of hydrogen-bond donors (Lipinski definition) is 2. The number of aromatic nitrogens is 5. The van der Waals surface area contributed by atoms with E-state index in [4.69, 9.17) is 11.6 Å². The second-order valence-electron chi connectivity index (χ2n) is 8.06. The highest BCUT2D eigenvalue weighted by Crippen LogP contribution is 2.24. The Morgan fingerprint density at radius 3 is 2.69 bits per heavy atom. The van der Waals surface area contributed by atoms with Crippen LogP contribution in [0.2, 0.25) is 5.02 Å². The van der Waals surface area contributed by atoms with Gasteiger partial charge in [0.25, 0.3) is 5.91 Å². The van der Waals surface area contributed by atoms with Crippen molar-refractivity contribution >= 4 is 44.6 Å². The number of pyridine rings is 1. The van der Waals surface area contributed by atoms with Gasteiger partial charge in [-0.25, -0.2) is 23.1 Å². The fourth-order valence-electron chi connectivity index (χ4n) is 3.80. The number of amides is 1. The highest BCUT2D eigenvalue weighted by Gasteiger charge is 2.18. The van der Waals surface area contributed by atoms with Crippen LogP contribution in [0.3, 0.4) is 0 Å². The molecule has 0 fully saturated rings. The number of halogens is 1. The molecule has 13 heteroatoms. The van der Waals surface area contributed by atoms with Gasteiger partial charge in [0, 0.05) is 42.4 Å². The summed E-state index contributed by atoms with van der Waals surface area (Å²) in [5.74, 6) is 1.15. The molecular weight excluding hydrogens is 492 g/mol. The second-order valence-corrected chi connectivity index (χ2v) is 10.2. The summed E-state index contributed by atoms with van der Waals surface area (Å²) >= 11 is 6.06. The molecule has 5 rings (SSSR count). The van der Waals surface area contributed by atoms with Gasteiger partial charge in [-0.05, 0) is 30.3 Å². The predicted octanol–water partition coefficient (Wildman–Crippen LogP) is 2.76. The summed E-state index contributed by atoms with van der Waals surface area (Å²) in [6.45, 7) is 2.44. The van der Waals surface area contributed by atoms with Gasteiger partial charge in [-0.1, -0.05) is 11.6 Å². The van der Waals surface area contributed by atoms with E-state index in [2.05, 4.69) is 34.6 Å². The van der Waals surface area contributed by atoms with Crippen molar-refractivity contribution in [1.29, 1.82) is 0 Å². The van der Waals surface area contributed by atoms with Gasteiger partial charge < -0.3 is 14.8 Å². The van der Waals surface area contributed by atoms with E-state index in [0.29, 0.717) is 23.6 Å². The second kappa shape index (κ2) is 9.04. The van der Waals surface area contributed by atoms with Crippen LogP contribution in [0.5, 0.6) is 0 Å². The summed E-state index contributed by atoms with van der Waals surface area (Å²) in [5.41, 5.74) is 1.86. The van der Waals surface area contributed by atoms with Crippen molar-refractivity contribution in [2.45, 2.75) is 13.1 Å². The van der Waals surface area contributed by atoms with Crippen molar-refractivity contribution < 1.29 is 13.2 Å². The Kier molecular flexibility index (Phi) is 5.91. The SMILES string of the molecule is CS(=O)(=O)Nc1cc(Cl)cc(NC(=O)c2cnn(-c3ccc(N4CCn5ccnc5C4)cn3)c2)c1. The molecule has 0 radical (unpaired) electrons. The molecular formula is C22H21ClN8O3S. The van der Waals surface area contributed by atoms with Gasteiger partial charge in [0.1, 0.15) is 5.82 Å². The largest absolute Gasteiger partial charge is 0.361 e. The highest BCUT2D eigenvalue weighted by atomic mass is 35.5. The average molecular weight is 513 g/mol. The fourth-order valence-corrected chi connectivity index (χ4v) is 4.58. The van der Waals surface area contributed by atoms with Crippen LogP contribution in [-0.2, 0) is 23.1 Å². The maximum atomic E-state index is 12.7. The molecule has 180 valence electrons. The van der Waals surface area contributed by atoms with Crippen LogP contribution in [0.25, 0.3) is 5.82 Å². The summed E-state index contributed by atoms with van der Waals surface area (Å²) in [5, 5.41) is 7.22. The van der Waals surface area contributed by atoms with Crippen LogP contribution in [0.15, 0.2) is 61.3 Å². The minimum absolute atomic E-state index is 0.243. The van der Waals surface area contributed by atoms with Gasteiger partial charge >= 0.3 is 0 Å². The molecule has 4 aromatic rings. The number of imidazole rings is 1. The number of carbonyl (C=O) groups is 1. The van der Waals surface area contributed by atoms with Crippen LogP contribution >= 0.6 is 11.6 Å². The summed E-state index contributed by atoms with van der Waals surface area (Å²) in [7, 11) is -3.49. The molecule has 35 heavy (non-hydrogen) atoms. The van der Waals surface area contributed by atoms with Gasteiger partial charge in [-0.15, -0.1) is 0 Å². The first kappa shape index (κ1) is 22.9. The number of fused-ring (bicyclic) bond motifs is 1. The Bertz CT molecular complexity index is 1500. The van der Waals surface area contributed by atoms with E-state index < -0.39 is 15.9 Å². The topological polar surface area (TPSA) is 127 Å². The molecule has 0 aliphatic carbocycles. The molecule has 0 spiro atoms. The zero-order chi connectivity index (χ0) is 24.6. The molecule has 2 N–H and O–H groups in total. The number of carbonyl (C=O) groups excluding carboxylic acids is 1. The van der Waals surface area contributed by atoms with E-state index in [0.717, 1.165) is 30.9 Å². The number of hydrogen-bond acceptors (Lipinski definition) is 7. The van der Waals surface area contributed by atoms with E-state index in [1.807, 2.05) is 24.5 Å². The van der Waals surface area contributed by atoms with Crippen LogP contribution in [0.1, 0.15) is 16.2 Å². The lowest BCUT2D eigenvalue weighted by Crippen LogP contribution is -2.33. The monoisotopic (exact) mass is 512 g/mol. The number of nitrogens with zero attached hydrogens (tertiary/aromatic N) is 6. The lowest BCUT2D eigenvalue weighted by atomic mass is 10.2. The molecule has 3 aromatic heterocycles. The molecule has 11 nitrogen and oxygen atoms in total. The quantitative estimate of drug-likeness (QED) is 0.406. The lowest BCUT2D eigenvalue weighted by Gasteiger charge is -2.29. The van der Waals surface area contributed by atoms with Crippen LogP contribution in [-0.4, -0.2) is 51.4 Å². The van der Waals surface area contributed by atoms with E-state index in [-0.39, 0.29) is 10.7 Å². The Morgan fingerprint density at radius 2 is 1.91 bits per heavy atom. The van der Waals surface area contributed by atoms with E-state index in [1.165, 1.54) is 29.1 Å². The number of benzene rings is 1. The molecule has 1 amide bonds. The van der Waals surface area contributed by atoms with Crippen molar-refractivity contribution in [3.05, 3.63) is 77.7 Å². The zero-order valence-corrected chi connectivity index (χ0v) is 20.2. The third-order valence-corrected chi connectivity index (χ3v) is 6.21. The molecule has 1 aliphatic rings. The summed E-state index contributed by atoms with van der Waals surface area (Å²) < 4.78 is 29.0. The Balaban J connectivity index is 1.27. The minimum atomic E-state index is -3.49. The number of sulfonamides is 1. The number of nitrogens with one attached hydrogen (secondary N) is 2.